The van der Waals surface area contributed by atoms with E-state index in [9.17, 15) is 28.0 Å². The van der Waals surface area contributed by atoms with Crippen LogP contribution in [0.15, 0.2) is 30.4 Å². The van der Waals surface area contributed by atoms with Crippen LogP contribution in [0.1, 0.15) is 19.8 Å². The van der Waals surface area contributed by atoms with Crippen molar-refractivity contribution in [1.82, 2.24) is 4.90 Å². The van der Waals surface area contributed by atoms with Gasteiger partial charge in [-0.3, -0.25) is 24.1 Å². The summed E-state index contributed by atoms with van der Waals surface area (Å²) in [4.78, 5) is 49.6. The average Bonchev–Trinajstić information content (AvgIpc) is 2.89. The maximum absolute atomic E-state index is 13.6. The Morgan fingerprint density at radius 2 is 1.79 bits per heavy atom. The maximum Gasteiger partial charge on any atom is 0.326 e. The first kappa shape index (κ1) is 19.7. The molecule has 1 N–H and O–H groups in total. The van der Waals surface area contributed by atoms with Crippen LogP contribution in [0.5, 0.6) is 0 Å². The number of ether oxygens (including phenoxy) is 1. The molecule has 0 radical (unpaired) electrons. The molecular weight excluding hydrogens is 374 g/mol. The van der Waals surface area contributed by atoms with Crippen molar-refractivity contribution in [2.75, 3.05) is 11.9 Å². The Bertz CT molecular complexity index is 844. The van der Waals surface area contributed by atoms with Crippen LogP contribution < -0.4 is 5.32 Å². The monoisotopic (exact) mass is 392 g/mol. The third kappa shape index (κ3) is 3.92. The van der Waals surface area contributed by atoms with E-state index in [1.165, 1.54) is 6.92 Å². The number of carbonyl (C=O) groups is 4. The van der Waals surface area contributed by atoms with E-state index in [4.69, 9.17) is 4.74 Å². The predicted octanol–water partition coefficient (Wildman–Crippen LogP) is 1.79. The Kier molecular flexibility index (Phi) is 5.53. The Morgan fingerprint density at radius 1 is 1.18 bits per heavy atom. The summed E-state index contributed by atoms with van der Waals surface area (Å²) in [5, 5.41) is 2.18. The van der Waals surface area contributed by atoms with Crippen molar-refractivity contribution in [2.45, 2.75) is 25.9 Å². The first-order valence-corrected chi connectivity index (χ1v) is 8.73. The van der Waals surface area contributed by atoms with Crippen molar-refractivity contribution in [2.24, 2.45) is 11.8 Å². The van der Waals surface area contributed by atoms with Gasteiger partial charge >= 0.3 is 5.97 Å². The van der Waals surface area contributed by atoms with Crippen molar-refractivity contribution in [1.29, 1.82) is 0 Å². The molecule has 9 heteroatoms. The number of benzene rings is 1. The van der Waals surface area contributed by atoms with Crippen LogP contribution in [0.25, 0.3) is 0 Å². The number of fused-ring (bicyclic) bond motifs is 1. The fourth-order valence-electron chi connectivity index (χ4n) is 3.27. The van der Waals surface area contributed by atoms with Crippen LogP contribution in [-0.2, 0) is 23.9 Å². The molecule has 3 atom stereocenters. The molecule has 1 heterocycles. The molecule has 0 bridgehead atoms. The van der Waals surface area contributed by atoms with Gasteiger partial charge in [0, 0.05) is 6.07 Å². The zero-order valence-electron chi connectivity index (χ0n) is 15.0. The van der Waals surface area contributed by atoms with E-state index in [1.54, 1.807) is 0 Å². The van der Waals surface area contributed by atoms with Crippen LogP contribution >= 0.6 is 0 Å². The second kappa shape index (κ2) is 7.87. The van der Waals surface area contributed by atoms with Crippen molar-refractivity contribution in [3.8, 4) is 0 Å². The van der Waals surface area contributed by atoms with Gasteiger partial charge in [0.2, 0.25) is 11.8 Å². The second-order valence-corrected chi connectivity index (χ2v) is 6.66. The molecule has 2 aliphatic rings. The summed E-state index contributed by atoms with van der Waals surface area (Å²) in [6.45, 7) is 0.666. The van der Waals surface area contributed by atoms with E-state index < -0.39 is 59.8 Å². The predicted molar refractivity (Wildman–Crippen MR) is 92.6 cm³/mol. The largest absolute Gasteiger partial charge is 0.451 e. The van der Waals surface area contributed by atoms with Gasteiger partial charge in [0.25, 0.3) is 5.91 Å². The Hall–Kier alpha value is -3.10. The lowest BCUT2D eigenvalue weighted by Gasteiger charge is -2.17. The van der Waals surface area contributed by atoms with Gasteiger partial charge in [-0.05, 0) is 31.9 Å². The molecule has 1 aliphatic carbocycles. The van der Waals surface area contributed by atoms with E-state index in [1.807, 2.05) is 12.2 Å². The molecule has 3 amide bonds. The molecule has 7 nitrogen and oxygen atoms in total. The number of rotatable bonds is 5. The molecule has 1 aromatic carbocycles. The lowest BCUT2D eigenvalue weighted by atomic mass is 9.85. The molecular formula is C19H18F2N2O5. The van der Waals surface area contributed by atoms with Crippen molar-refractivity contribution >= 4 is 29.4 Å². The SMILES string of the molecule is C[C@@H](OC(=O)CN1C(=O)[C@H]2CC=CC[C@H]2C1=O)C(=O)Nc1ccc(F)cc1F. The maximum atomic E-state index is 13.6. The van der Waals surface area contributed by atoms with E-state index in [2.05, 4.69) is 5.32 Å². The van der Waals surface area contributed by atoms with E-state index >= 15 is 0 Å². The summed E-state index contributed by atoms with van der Waals surface area (Å²) in [7, 11) is 0. The van der Waals surface area contributed by atoms with Gasteiger partial charge in [0.05, 0.1) is 17.5 Å². The minimum atomic E-state index is -1.31. The number of esters is 1. The second-order valence-electron chi connectivity index (χ2n) is 6.66. The number of hydrogen-bond donors (Lipinski definition) is 1. The summed E-state index contributed by atoms with van der Waals surface area (Å²) >= 11 is 0. The molecule has 0 unspecified atom stereocenters. The molecule has 1 saturated heterocycles. The standard InChI is InChI=1S/C19H18F2N2O5/c1-10(17(25)22-15-7-6-11(20)8-14(15)21)28-16(24)9-23-18(26)12-4-2-3-5-13(12)19(23)27/h2-3,6-8,10,12-13H,4-5,9H2,1H3,(H,22,25)/t10-,12-,13+/m1/s1. The first-order valence-electron chi connectivity index (χ1n) is 8.73. The number of likely N-dealkylation sites (tertiary alicyclic amines) is 1. The summed E-state index contributed by atoms with van der Waals surface area (Å²) in [5.74, 6) is -5.34. The van der Waals surface area contributed by atoms with Gasteiger partial charge in [-0.1, -0.05) is 12.2 Å². The van der Waals surface area contributed by atoms with E-state index in [-0.39, 0.29) is 5.69 Å². The summed E-state index contributed by atoms with van der Waals surface area (Å²) in [6, 6.07) is 2.61. The van der Waals surface area contributed by atoms with Gasteiger partial charge in [-0.15, -0.1) is 0 Å². The normalized spacial score (nSPS) is 22.0. The fraction of sp³-hybridized carbons (Fsp3) is 0.368. The molecule has 28 heavy (non-hydrogen) atoms. The average molecular weight is 392 g/mol. The van der Waals surface area contributed by atoms with E-state index in [0.29, 0.717) is 18.9 Å². The highest BCUT2D eigenvalue weighted by Gasteiger charge is 2.47. The van der Waals surface area contributed by atoms with Crippen molar-refractivity contribution < 1.29 is 32.7 Å². The molecule has 1 fully saturated rings. The van der Waals surface area contributed by atoms with Crippen LogP contribution in [0.3, 0.4) is 0 Å². The number of carbonyl (C=O) groups excluding carboxylic acids is 4. The Labute approximate surface area is 159 Å². The van der Waals surface area contributed by atoms with Crippen LogP contribution in [0.2, 0.25) is 0 Å². The van der Waals surface area contributed by atoms with Gasteiger partial charge in [-0.25, -0.2) is 8.78 Å². The van der Waals surface area contributed by atoms with Crippen molar-refractivity contribution in [3.05, 3.63) is 42.0 Å². The van der Waals surface area contributed by atoms with E-state index in [0.717, 1.165) is 17.0 Å². The molecule has 1 aromatic rings. The number of nitrogens with one attached hydrogen (secondary N) is 1. The smallest absolute Gasteiger partial charge is 0.326 e. The number of nitrogens with zero attached hydrogens (tertiary/aromatic N) is 1. The fourth-order valence-corrected chi connectivity index (χ4v) is 3.27. The molecule has 148 valence electrons. The lowest BCUT2D eigenvalue weighted by molar-refractivity contribution is -0.158. The zero-order valence-corrected chi connectivity index (χ0v) is 15.0. The highest BCUT2D eigenvalue weighted by molar-refractivity contribution is 6.07. The number of imide groups is 1. The van der Waals surface area contributed by atoms with Gasteiger partial charge in [0.15, 0.2) is 6.10 Å². The molecule has 1 aliphatic heterocycles. The number of allylic oxidation sites excluding steroid dienone is 2. The van der Waals surface area contributed by atoms with Gasteiger partial charge in [-0.2, -0.15) is 0 Å². The number of amides is 3. The third-order valence-electron chi connectivity index (χ3n) is 4.75. The summed E-state index contributed by atoms with van der Waals surface area (Å²) in [6.07, 6.45) is 3.24. The number of halogens is 2. The van der Waals surface area contributed by atoms with Crippen LogP contribution in [0, 0.1) is 23.5 Å². The highest BCUT2D eigenvalue weighted by atomic mass is 19.1. The minimum absolute atomic E-state index is 0.268. The molecule has 3 rings (SSSR count). The molecule has 0 aromatic heterocycles. The van der Waals surface area contributed by atoms with Crippen LogP contribution in [0.4, 0.5) is 14.5 Å². The van der Waals surface area contributed by atoms with Gasteiger partial charge in [0.1, 0.15) is 18.2 Å². The van der Waals surface area contributed by atoms with Crippen LogP contribution in [-0.4, -0.2) is 41.2 Å². The number of anilines is 1. The molecule has 0 saturated carbocycles. The quantitative estimate of drug-likeness (QED) is 0.469. The number of hydrogen-bond acceptors (Lipinski definition) is 5. The summed E-state index contributed by atoms with van der Waals surface area (Å²) < 4.78 is 31.4. The zero-order chi connectivity index (χ0) is 20.4. The summed E-state index contributed by atoms with van der Waals surface area (Å²) in [5.41, 5.74) is -0.268. The Morgan fingerprint density at radius 3 is 2.36 bits per heavy atom. The Balaban J connectivity index is 1.56. The van der Waals surface area contributed by atoms with Gasteiger partial charge < -0.3 is 10.1 Å². The van der Waals surface area contributed by atoms with Crippen molar-refractivity contribution in [3.63, 3.8) is 0 Å². The minimum Gasteiger partial charge on any atom is -0.451 e. The lowest BCUT2D eigenvalue weighted by Crippen LogP contribution is -2.39. The highest BCUT2D eigenvalue weighted by Crippen LogP contribution is 2.34. The molecule has 0 spiro atoms. The first-order chi connectivity index (χ1) is 13.3. The topological polar surface area (TPSA) is 92.8 Å². The third-order valence-corrected chi connectivity index (χ3v) is 4.75.